The molecular weight excluding hydrogens is 304 g/mol. The van der Waals surface area contributed by atoms with Gasteiger partial charge < -0.3 is 4.74 Å². The fraction of sp³-hybridized carbons (Fsp3) is 0.533. The van der Waals surface area contributed by atoms with Crippen molar-refractivity contribution in [1.29, 1.82) is 0 Å². The number of carbonyl (C=O) groups excluding carboxylic acids is 1. The van der Waals surface area contributed by atoms with Crippen LogP contribution in [0.25, 0.3) is 0 Å². The minimum atomic E-state index is -3.44. The molecule has 0 radical (unpaired) electrons. The molecule has 1 aromatic carbocycles. The Labute approximate surface area is 131 Å². The van der Waals surface area contributed by atoms with E-state index in [1.54, 1.807) is 12.1 Å². The zero-order valence-electron chi connectivity index (χ0n) is 13.1. The minimum absolute atomic E-state index is 0.198. The Hall–Kier alpha value is -1.44. The average Bonchev–Trinajstić information content (AvgIpc) is 2.53. The molecule has 0 saturated heterocycles. The van der Waals surface area contributed by atoms with Crippen molar-refractivity contribution in [2.24, 2.45) is 5.92 Å². The van der Waals surface area contributed by atoms with E-state index in [1.165, 1.54) is 14.2 Å². The van der Waals surface area contributed by atoms with Crippen LogP contribution in [0.3, 0.4) is 0 Å². The van der Waals surface area contributed by atoms with E-state index in [2.05, 4.69) is 9.62 Å². The van der Waals surface area contributed by atoms with Gasteiger partial charge in [0, 0.05) is 19.6 Å². The Bertz CT molecular complexity index is 658. The molecule has 7 heteroatoms. The zero-order valence-corrected chi connectivity index (χ0v) is 13.9. The Balaban J connectivity index is 2.19. The van der Waals surface area contributed by atoms with Crippen LogP contribution in [0.1, 0.15) is 18.1 Å². The van der Waals surface area contributed by atoms with Crippen LogP contribution in [-0.4, -0.2) is 46.5 Å². The lowest BCUT2D eigenvalue weighted by Gasteiger charge is -2.31. The third-order valence-corrected chi connectivity index (χ3v) is 5.49. The number of carbonyl (C=O) groups is 1. The van der Waals surface area contributed by atoms with Crippen LogP contribution in [-0.2, 0) is 32.5 Å². The zero-order chi connectivity index (χ0) is 16.3. The number of esters is 1. The van der Waals surface area contributed by atoms with E-state index in [9.17, 15) is 13.2 Å². The Morgan fingerprint density at radius 1 is 1.45 bits per heavy atom. The highest BCUT2D eigenvalue weighted by Gasteiger charge is 2.26. The van der Waals surface area contributed by atoms with E-state index in [4.69, 9.17) is 4.74 Å². The van der Waals surface area contributed by atoms with Gasteiger partial charge in [-0.1, -0.05) is 19.1 Å². The van der Waals surface area contributed by atoms with Gasteiger partial charge in [-0.15, -0.1) is 0 Å². The van der Waals surface area contributed by atoms with Crippen molar-refractivity contribution in [3.05, 3.63) is 29.3 Å². The maximum atomic E-state index is 12.1. The van der Waals surface area contributed by atoms with Crippen molar-refractivity contribution in [2.75, 3.05) is 27.2 Å². The average molecular weight is 326 g/mol. The first kappa shape index (κ1) is 16.9. The molecule has 6 nitrogen and oxygen atoms in total. The van der Waals surface area contributed by atoms with E-state index in [0.29, 0.717) is 24.4 Å². The largest absolute Gasteiger partial charge is 0.469 e. The van der Waals surface area contributed by atoms with Crippen LogP contribution in [0.15, 0.2) is 23.1 Å². The van der Waals surface area contributed by atoms with Gasteiger partial charge in [0.05, 0.1) is 17.9 Å². The quantitative estimate of drug-likeness (QED) is 0.809. The van der Waals surface area contributed by atoms with Crippen LogP contribution in [0.2, 0.25) is 0 Å². The van der Waals surface area contributed by atoms with Crippen LogP contribution in [0.5, 0.6) is 0 Å². The first-order valence-corrected chi connectivity index (χ1v) is 8.72. The van der Waals surface area contributed by atoms with Crippen LogP contribution in [0, 0.1) is 5.92 Å². The number of methoxy groups -OCH3 is 1. The molecule has 1 aliphatic rings. The van der Waals surface area contributed by atoms with Crippen molar-refractivity contribution >= 4 is 16.0 Å². The smallest absolute Gasteiger partial charge is 0.309 e. The lowest BCUT2D eigenvalue weighted by molar-refractivity contribution is -0.145. The number of hydrogen-bond donors (Lipinski definition) is 1. The molecule has 1 heterocycles. The van der Waals surface area contributed by atoms with Gasteiger partial charge in [-0.25, -0.2) is 13.1 Å². The van der Waals surface area contributed by atoms with Gasteiger partial charge in [-0.3, -0.25) is 9.69 Å². The lowest BCUT2D eigenvalue weighted by atomic mass is 9.99. The predicted molar refractivity (Wildman–Crippen MR) is 82.8 cm³/mol. The molecular formula is C15H22N2O4S. The van der Waals surface area contributed by atoms with Crippen LogP contribution in [0.4, 0.5) is 0 Å². The molecule has 1 N–H and O–H groups in total. The van der Waals surface area contributed by atoms with Crippen molar-refractivity contribution in [2.45, 2.75) is 24.8 Å². The number of rotatable bonds is 5. The molecule has 122 valence electrons. The molecule has 2 rings (SSSR count). The van der Waals surface area contributed by atoms with Gasteiger partial charge in [0.15, 0.2) is 0 Å². The van der Waals surface area contributed by atoms with Crippen molar-refractivity contribution in [3.8, 4) is 0 Å². The fourth-order valence-corrected chi connectivity index (χ4v) is 3.85. The first-order valence-electron chi connectivity index (χ1n) is 7.23. The molecule has 0 fully saturated rings. The Morgan fingerprint density at radius 3 is 2.82 bits per heavy atom. The summed E-state index contributed by atoms with van der Waals surface area (Å²) in [4.78, 5) is 14.0. The van der Waals surface area contributed by atoms with Gasteiger partial charge in [0.1, 0.15) is 0 Å². The highest BCUT2D eigenvalue weighted by atomic mass is 32.2. The normalized spacial score (nSPS) is 16.9. The van der Waals surface area contributed by atoms with E-state index in [1.807, 2.05) is 13.0 Å². The maximum absolute atomic E-state index is 12.1. The molecule has 0 saturated carbocycles. The monoisotopic (exact) mass is 326 g/mol. The van der Waals surface area contributed by atoms with E-state index >= 15 is 0 Å². The second-order valence-electron chi connectivity index (χ2n) is 5.51. The van der Waals surface area contributed by atoms with Gasteiger partial charge >= 0.3 is 5.97 Å². The number of hydrogen-bond acceptors (Lipinski definition) is 5. The molecule has 0 unspecified atom stereocenters. The molecule has 0 bridgehead atoms. The summed E-state index contributed by atoms with van der Waals surface area (Å²) in [5, 5.41) is 0. The third-order valence-electron chi connectivity index (χ3n) is 4.00. The van der Waals surface area contributed by atoms with Gasteiger partial charge in [-0.05, 0) is 30.7 Å². The van der Waals surface area contributed by atoms with Crippen LogP contribution >= 0.6 is 0 Å². The maximum Gasteiger partial charge on any atom is 0.309 e. The summed E-state index contributed by atoms with van der Waals surface area (Å²) < 4.78 is 31.3. The van der Waals surface area contributed by atoms with Crippen molar-refractivity contribution in [3.63, 3.8) is 0 Å². The SMILES string of the molecule is CNS(=O)(=O)c1cccc2c1CCN(C[C@H](C)C(=O)OC)C2. The molecule has 0 amide bonds. The highest BCUT2D eigenvalue weighted by molar-refractivity contribution is 7.89. The van der Waals surface area contributed by atoms with Crippen molar-refractivity contribution in [1.82, 2.24) is 9.62 Å². The number of sulfonamides is 1. The van der Waals surface area contributed by atoms with E-state index < -0.39 is 10.0 Å². The van der Waals surface area contributed by atoms with Gasteiger partial charge in [-0.2, -0.15) is 0 Å². The molecule has 0 aromatic heterocycles. The van der Waals surface area contributed by atoms with Gasteiger partial charge in [0.2, 0.25) is 10.0 Å². The first-order chi connectivity index (χ1) is 10.4. The van der Waals surface area contributed by atoms with E-state index in [0.717, 1.165) is 17.7 Å². The van der Waals surface area contributed by atoms with Crippen molar-refractivity contribution < 1.29 is 17.9 Å². The predicted octanol–water partition coefficient (Wildman–Crippen LogP) is 0.762. The molecule has 0 spiro atoms. The summed E-state index contributed by atoms with van der Waals surface area (Å²) in [7, 11) is -0.634. The highest BCUT2D eigenvalue weighted by Crippen LogP contribution is 2.26. The second-order valence-corrected chi connectivity index (χ2v) is 7.37. The standard InChI is InChI=1S/C15H22N2O4S/c1-11(15(18)21-3)9-17-8-7-13-12(10-17)5-4-6-14(13)22(19,20)16-2/h4-6,11,16H,7-10H2,1-3H3/t11-/m0/s1. The molecule has 22 heavy (non-hydrogen) atoms. The fourth-order valence-electron chi connectivity index (χ4n) is 2.81. The lowest BCUT2D eigenvalue weighted by Crippen LogP contribution is -2.37. The molecule has 1 atom stereocenters. The number of fused-ring (bicyclic) bond motifs is 1. The number of benzene rings is 1. The number of nitrogens with zero attached hydrogens (tertiary/aromatic N) is 1. The molecule has 1 aliphatic heterocycles. The molecule has 0 aliphatic carbocycles. The second kappa shape index (κ2) is 6.76. The van der Waals surface area contributed by atoms with Gasteiger partial charge in [0.25, 0.3) is 0 Å². The topological polar surface area (TPSA) is 75.7 Å². The summed E-state index contributed by atoms with van der Waals surface area (Å²) in [6.45, 7) is 3.81. The molecule has 1 aromatic rings. The van der Waals surface area contributed by atoms with Crippen LogP contribution < -0.4 is 4.72 Å². The summed E-state index contributed by atoms with van der Waals surface area (Å²) in [5.41, 5.74) is 1.87. The summed E-state index contributed by atoms with van der Waals surface area (Å²) >= 11 is 0. The summed E-state index contributed by atoms with van der Waals surface area (Å²) in [5.74, 6) is -0.423. The van der Waals surface area contributed by atoms with E-state index in [-0.39, 0.29) is 11.9 Å². The Kier molecular flexibility index (Phi) is 5.20. The number of nitrogens with one attached hydrogen (secondary N) is 1. The third kappa shape index (κ3) is 3.48. The summed E-state index contributed by atoms with van der Waals surface area (Å²) in [6.07, 6.45) is 0.653. The minimum Gasteiger partial charge on any atom is -0.469 e. The number of ether oxygens (including phenoxy) is 1. The summed E-state index contributed by atoms with van der Waals surface area (Å²) in [6, 6.07) is 5.34. The Morgan fingerprint density at radius 2 is 2.18 bits per heavy atom.